The van der Waals surface area contributed by atoms with Gasteiger partial charge in [-0.15, -0.1) is 0 Å². The van der Waals surface area contributed by atoms with Crippen LogP contribution in [0.1, 0.15) is 22.9 Å². The number of rotatable bonds is 1. The monoisotopic (exact) mass is 209 g/mol. The maximum atomic E-state index is 5.67. The molecule has 1 aromatic heterocycles. The van der Waals surface area contributed by atoms with Gasteiger partial charge in [0, 0.05) is 6.20 Å². The Morgan fingerprint density at radius 1 is 1.12 bits per heavy atom. The van der Waals surface area contributed by atoms with E-state index >= 15 is 0 Å². The van der Waals surface area contributed by atoms with Crippen molar-refractivity contribution < 1.29 is 0 Å². The molecule has 16 heavy (non-hydrogen) atoms. The second kappa shape index (κ2) is 3.45. The van der Waals surface area contributed by atoms with Gasteiger partial charge in [-0.1, -0.05) is 36.4 Å². The summed E-state index contributed by atoms with van der Waals surface area (Å²) < 4.78 is 0. The highest BCUT2D eigenvalue weighted by Gasteiger charge is 2.20. The molecule has 0 spiro atoms. The van der Waals surface area contributed by atoms with Gasteiger partial charge in [-0.2, -0.15) is 0 Å². The standard InChI is InChI=1S/C13H11N3/c14-12-7-8-15-13(16-12)11-6-5-9-3-1-2-4-10(9)11/h1-8,11H,(H2,14,15,16). The molecule has 0 radical (unpaired) electrons. The van der Waals surface area contributed by atoms with Crippen LogP contribution in [0, 0.1) is 0 Å². The van der Waals surface area contributed by atoms with E-state index in [1.165, 1.54) is 11.1 Å². The van der Waals surface area contributed by atoms with E-state index in [9.17, 15) is 0 Å². The Hall–Kier alpha value is -2.16. The third-order valence-corrected chi connectivity index (χ3v) is 2.77. The number of anilines is 1. The Morgan fingerprint density at radius 3 is 2.88 bits per heavy atom. The molecule has 1 aliphatic carbocycles. The lowest BCUT2D eigenvalue weighted by molar-refractivity contribution is 0.896. The minimum atomic E-state index is 0.139. The van der Waals surface area contributed by atoms with Gasteiger partial charge in [0.2, 0.25) is 0 Å². The summed E-state index contributed by atoms with van der Waals surface area (Å²) in [6.45, 7) is 0. The van der Waals surface area contributed by atoms with Crippen LogP contribution in [-0.2, 0) is 0 Å². The average molecular weight is 209 g/mol. The fourth-order valence-electron chi connectivity index (χ4n) is 2.01. The predicted octanol–water partition coefficient (Wildman–Crippen LogP) is 2.22. The van der Waals surface area contributed by atoms with Crippen LogP contribution in [0.25, 0.3) is 6.08 Å². The fourth-order valence-corrected chi connectivity index (χ4v) is 2.01. The number of nitrogen functional groups attached to an aromatic ring is 1. The SMILES string of the molecule is Nc1ccnc(C2C=Cc3ccccc32)n1. The van der Waals surface area contributed by atoms with E-state index in [0.717, 1.165) is 5.82 Å². The molecule has 1 aromatic carbocycles. The van der Waals surface area contributed by atoms with Crippen molar-refractivity contribution in [3.63, 3.8) is 0 Å². The molecule has 78 valence electrons. The normalized spacial score (nSPS) is 17.4. The summed E-state index contributed by atoms with van der Waals surface area (Å²) in [5.74, 6) is 1.42. The lowest BCUT2D eigenvalue weighted by Crippen LogP contribution is -2.04. The first kappa shape index (κ1) is 9.09. The van der Waals surface area contributed by atoms with Gasteiger partial charge < -0.3 is 5.73 Å². The van der Waals surface area contributed by atoms with E-state index in [1.54, 1.807) is 12.3 Å². The molecule has 1 aliphatic rings. The Labute approximate surface area is 93.7 Å². The Balaban J connectivity index is 2.08. The second-order valence-corrected chi connectivity index (χ2v) is 3.81. The molecule has 2 aromatic rings. The van der Waals surface area contributed by atoms with Gasteiger partial charge in [-0.3, -0.25) is 0 Å². The number of nitrogens with two attached hydrogens (primary N) is 1. The number of benzene rings is 1. The largest absolute Gasteiger partial charge is 0.384 e. The van der Waals surface area contributed by atoms with Crippen LogP contribution < -0.4 is 5.73 Å². The highest BCUT2D eigenvalue weighted by atomic mass is 14.9. The van der Waals surface area contributed by atoms with E-state index in [-0.39, 0.29) is 5.92 Å². The van der Waals surface area contributed by atoms with Crippen molar-refractivity contribution in [2.24, 2.45) is 0 Å². The van der Waals surface area contributed by atoms with E-state index < -0.39 is 0 Å². The number of hydrogen-bond acceptors (Lipinski definition) is 3. The minimum absolute atomic E-state index is 0.139. The summed E-state index contributed by atoms with van der Waals surface area (Å²) >= 11 is 0. The molecule has 1 atom stereocenters. The molecular formula is C13H11N3. The van der Waals surface area contributed by atoms with Crippen LogP contribution in [0.4, 0.5) is 5.82 Å². The molecule has 2 N–H and O–H groups in total. The third kappa shape index (κ3) is 1.37. The van der Waals surface area contributed by atoms with Crippen molar-refractivity contribution in [2.45, 2.75) is 5.92 Å². The molecule has 0 bridgehead atoms. The van der Waals surface area contributed by atoms with Gasteiger partial charge >= 0.3 is 0 Å². The summed E-state index contributed by atoms with van der Waals surface area (Å²) in [5.41, 5.74) is 8.15. The Bertz CT molecular complexity index is 561. The molecule has 0 aliphatic heterocycles. The summed E-state index contributed by atoms with van der Waals surface area (Å²) in [6, 6.07) is 9.97. The van der Waals surface area contributed by atoms with E-state index in [1.807, 2.05) is 12.1 Å². The van der Waals surface area contributed by atoms with Crippen molar-refractivity contribution in [3.8, 4) is 0 Å². The van der Waals surface area contributed by atoms with Gasteiger partial charge in [-0.05, 0) is 17.2 Å². The van der Waals surface area contributed by atoms with Gasteiger partial charge in [-0.25, -0.2) is 9.97 Å². The minimum Gasteiger partial charge on any atom is -0.384 e. The maximum absolute atomic E-state index is 5.67. The van der Waals surface area contributed by atoms with Crippen molar-refractivity contribution in [1.29, 1.82) is 0 Å². The molecule has 0 fully saturated rings. The quantitative estimate of drug-likeness (QED) is 0.783. The highest BCUT2D eigenvalue weighted by molar-refractivity contribution is 5.64. The van der Waals surface area contributed by atoms with Gasteiger partial charge in [0.25, 0.3) is 0 Å². The van der Waals surface area contributed by atoms with Crippen LogP contribution in [0.15, 0.2) is 42.6 Å². The number of fused-ring (bicyclic) bond motifs is 1. The molecule has 0 saturated carbocycles. The second-order valence-electron chi connectivity index (χ2n) is 3.81. The van der Waals surface area contributed by atoms with Crippen LogP contribution in [0.2, 0.25) is 0 Å². The average Bonchev–Trinajstić information content (AvgIpc) is 2.72. The van der Waals surface area contributed by atoms with E-state index in [0.29, 0.717) is 5.82 Å². The lowest BCUT2D eigenvalue weighted by Gasteiger charge is -2.09. The number of hydrogen-bond donors (Lipinski definition) is 1. The fraction of sp³-hybridized carbons (Fsp3) is 0.0769. The summed E-state index contributed by atoms with van der Waals surface area (Å²) in [6.07, 6.45) is 5.92. The van der Waals surface area contributed by atoms with Crippen molar-refractivity contribution >= 4 is 11.9 Å². The number of allylic oxidation sites excluding steroid dienone is 1. The number of aromatic nitrogens is 2. The molecule has 3 rings (SSSR count). The van der Waals surface area contributed by atoms with E-state index in [4.69, 9.17) is 5.73 Å². The highest BCUT2D eigenvalue weighted by Crippen LogP contribution is 2.33. The first-order valence-electron chi connectivity index (χ1n) is 5.20. The molecule has 1 heterocycles. The Morgan fingerprint density at radius 2 is 2.00 bits per heavy atom. The zero-order valence-corrected chi connectivity index (χ0v) is 8.67. The van der Waals surface area contributed by atoms with Crippen molar-refractivity contribution in [2.75, 3.05) is 5.73 Å². The number of nitrogens with zero attached hydrogens (tertiary/aromatic N) is 2. The molecule has 3 heteroatoms. The predicted molar refractivity (Wildman–Crippen MR) is 63.8 cm³/mol. The van der Waals surface area contributed by atoms with Crippen LogP contribution in [0.3, 0.4) is 0 Å². The molecule has 0 saturated heterocycles. The van der Waals surface area contributed by atoms with Crippen LogP contribution >= 0.6 is 0 Å². The first-order valence-corrected chi connectivity index (χ1v) is 5.20. The van der Waals surface area contributed by atoms with Crippen LogP contribution in [-0.4, -0.2) is 9.97 Å². The van der Waals surface area contributed by atoms with Gasteiger partial charge in [0.05, 0.1) is 5.92 Å². The summed E-state index contributed by atoms with van der Waals surface area (Å²) in [5, 5.41) is 0. The van der Waals surface area contributed by atoms with Crippen molar-refractivity contribution in [1.82, 2.24) is 9.97 Å². The Kier molecular flexibility index (Phi) is 1.96. The zero-order valence-electron chi connectivity index (χ0n) is 8.67. The van der Waals surface area contributed by atoms with Crippen molar-refractivity contribution in [3.05, 3.63) is 59.6 Å². The molecular weight excluding hydrogens is 198 g/mol. The zero-order chi connectivity index (χ0) is 11.0. The summed E-state index contributed by atoms with van der Waals surface area (Å²) in [7, 11) is 0. The third-order valence-electron chi connectivity index (χ3n) is 2.77. The van der Waals surface area contributed by atoms with Gasteiger partial charge in [0.15, 0.2) is 0 Å². The topological polar surface area (TPSA) is 51.8 Å². The molecule has 3 nitrogen and oxygen atoms in total. The van der Waals surface area contributed by atoms with Crippen LogP contribution in [0.5, 0.6) is 0 Å². The van der Waals surface area contributed by atoms with E-state index in [2.05, 4.69) is 34.3 Å². The molecule has 1 unspecified atom stereocenters. The molecule has 0 amide bonds. The summed E-state index contributed by atoms with van der Waals surface area (Å²) in [4.78, 5) is 8.55. The first-order chi connectivity index (χ1) is 7.84. The lowest BCUT2D eigenvalue weighted by atomic mass is 10.0. The van der Waals surface area contributed by atoms with Gasteiger partial charge in [0.1, 0.15) is 11.6 Å². The smallest absolute Gasteiger partial charge is 0.141 e. The maximum Gasteiger partial charge on any atom is 0.141 e.